The van der Waals surface area contributed by atoms with Crippen LogP contribution in [0.4, 0.5) is 0 Å². The molecular weight excluding hydrogens is 408 g/mol. The normalized spacial score (nSPS) is 28.2. The molecule has 0 radical (unpaired) electrons. The Labute approximate surface area is 186 Å². The number of aliphatic carboxylic acids is 2. The summed E-state index contributed by atoms with van der Waals surface area (Å²) in [5.74, 6) is -1.17. The van der Waals surface area contributed by atoms with Crippen LogP contribution in [0.25, 0.3) is 10.9 Å². The zero-order valence-electron chi connectivity index (χ0n) is 18.3. The third kappa shape index (κ3) is 3.64. The van der Waals surface area contributed by atoms with Crippen LogP contribution in [-0.2, 0) is 16.0 Å². The van der Waals surface area contributed by atoms with Gasteiger partial charge in [-0.2, -0.15) is 0 Å². The Hall–Kier alpha value is -2.93. The van der Waals surface area contributed by atoms with E-state index in [9.17, 15) is 14.4 Å². The van der Waals surface area contributed by atoms with E-state index in [1.165, 1.54) is 35.9 Å². The number of nitrogens with two attached hydrogens (primary N) is 1. The maximum Gasteiger partial charge on any atom is 0.328 e. The number of hydrogen-bond acceptors (Lipinski definition) is 4. The Morgan fingerprint density at radius 3 is 2.56 bits per heavy atom. The summed E-state index contributed by atoms with van der Waals surface area (Å²) in [7, 11) is 0. The predicted octanol–water partition coefficient (Wildman–Crippen LogP) is 3.95. The molecule has 5 rings (SSSR count). The number of carboxylic acid groups (broad SMARTS) is 2. The molecule has 1 fully saturated rings. The highest BCUT2D eigenvalue weighted by molar-refractivity contribution is 5.98. The smallest absolute Gasteiger partial charge is 0.328 e. The molecule has 0 saturated heterocycles. The summed E-state index contributed by atoms with van der Waals surface area (Å²) < 4.78 is 2.08. The van der Waals surface area contributed by atoms with Gasteiger partial charge in [-0.1, -0.05) is 38.0 Å². The number of carbonyl (C=O) groups is 3. The van der Waals surface area contributed by atoms with Crippen LogP contribution in [0.2, 0.25) is 0 Å². The summed E-state index contributed by atoms with van der Waals surface area (Å²) in [5.41, 5.74) is 10.7. The van der Waals surface area contributed by atoms with Crippen LogP contribution in [0.5, 0.6) is 0 Å². The number of carbonyl (C=O) groups excluding carboxylic acids is 1. The van der Waals surface area contributed by atoms with Crippen molar-refractivity contribution >= 4 is 28.7 Å². The van der Waals surface area contributed by atoms with Gasteiger partial charge >= 0.3 is 11.9 Å². The first kappa shape index (κ1) is 22.3. The SMILES string of the molecule is CCC[C@@]12CCC[C@H]3[C@H](N)Cc4c(n(c5ccccc45)C(=O)C1)[C@H]32.O=C(O)/C=C/C(=O)O. The number of rotatable bonds is 4. The first-order valence-electron chi connectivity index (χ1n) is 11.3. The molecule has 0 unspecified atom stereocenters. The molecule has 0 spiro atoms. The molecular formula is C25H30N2O5. The van der Waals surface area contributed by atoms with Crippen molar-refractivity contribution < 1.29 is 24.6 Å². The monoisotopic (exact) mass is 438 g/mol. The highest BCUT2D eigenvalue weighted by Gasteiger charge is 2.55. The van der Waals surface area contributed by atoms with Crippen LogP contribution in [0.15, 0.2) is 36.4 Å². The van der Waals surface area contributed by atoms with Crippen molar-refractivity contribution in [1.29, 1.82) is 0 Å². The Morgan fingerprint density at radius 1 is 1.22 bits per heavy atom. The van der Waals surface area contributed by atoms with Crippen LogP contribution in [0, 0.1) is 11.3 Å². The molecule has 0 bridgehead atoms. The van der Waals surface area contributed by atoms with Crippen molar-refractivity contribution in [1.82, 2.24) is 4.57 Å². The number of fused-ring (bicyclic) bond motifs is 3. The van der Waals surface area contributed by atoms with E-state index in [1.807, 2.05) is 0 Å². The van der Waals surface area contributed by atoms with Crippen LogP contribution in [0.1, 0.15) is 67.4 Å². The maximum absolute atomic E-state index is 13.2. The fourth-order valence-electron chi connectivity index (χ4n) is 6.53. The van der Waals surface area contributed by atoms with Gasteiger partial charge in [0.05, 0.1) is 5.52 Å². The first-order chi connectivity index (χ1) is 15.3. The van der Waals surface area contributed by atoms with Gasteiger partial charge in [-0.25, -0.2) is 9.59 Å². The quantitative estimate of drug-likeness (QED) is 0.621. The highest BCUT2D eigenvalue weighted by atomic mass is 16.4. The van der Waals surface area contributed by atoms with Crippen molar-refractivity contribution in [2.24, 2.45) is 17.1 Å². The largest absolute Gasteiger partial charge is 0.478 e. The molecule has 4 N–H and O–H groups in total. The first-order valence-corrected chi connectivity index (χ1v) is 11.3. The molecule has 1 aliphatic heterocycles. The van der Waals surface area contributed by atoms with E-state index in [0.717, 1.165) is 24.8 Å². The lowest BCUT2D eigenvalue weighted by Crippen LogP contribution is -2.53. The molecule has 32 heavy (non-hydrogen) atoms. The van der Waals surface area contributed by atoms with E-state index in [0.29, 0.717) is 36.3 Å². The average Bonchev–Trinajstić information content (AvgIpc) is 3.08. The number of carboxylic acids is 2. The van der Waals surface area contributed by atoms with E-state index < -0.39 is 11.9 Å². The van der Waals surface area contributed by atoms with Gasteiger partial charge in [-0.15, -0.1) is 0 Å². The summed E-state index contributed by atoms with van der Waals surface area (Å²) in [4.78, 5) is 32.3. The highest BCUT2D eigenvalue weighted by Crippen LogP contribution is 2.61. The molecule has 0 amide bonds. The molecule has 7 nitrogen and oxygen atoms in total. The summed E-state index contributed by atoms with van der Waals surface area (Å²) >= 11 is 0. The lowest BCUT2D eigenvalue weighted by atomic mass is 9.52. The Balaban J connectivity index is 0.000000265. The van der Waals surface area contributed by atoms with Crippen LogP contribution < -0.4 is 5.73 Å². The standard InChI is InChI=1S/C21H26N2O.C4H4O4/c1-2-9-21-10-5-7-14-16(22)11-15-13-6-3-4-8-17(13)23(18(24)12-21)20(15)19(14)21;5-3(6)1-2-4(7)8/h3-4,6,8,14,16,19H,2,5,7,9-12,22H2,1H3;1-2H,(H,5,6)(H,7,8)/b;2-1+/t14-,16+,19-,21+;/m0./s1. The lowest BCUT2D eigenvalue weighted by Gasteiger charge is -2.54. The molecule has 1 aromatic heterocycles. The van der Waals surface area contributed by atoms with Crippen molar-refractivity contribution in [3.8, 4) is 0 Å². The Morgan fingerprint density at radius 2 is 1.91 bits per heavy atom. The molecule has 2 heterocycles. The zero-order chi connectivity index (χ0) is 23.0. The Kier molecular flexibility index (Phi) is 5.95. The van der Waals surface area contributed by atoms with E-state index in [1.54, 1.807) is 0 Å². The molecule has 170 valence electrons. The molecule has 1 aromatic carbocycles. The van der Waals surface area contributed by atoms with Gasteiger partial charge < -0.3 is 15.9 Å². The minimum atomic E-state index is -1.26. The fraction of sp³-hybridized carbons (Fsp3) is 0.480. The summed E-state index contributed by atoms with van der Waals surface area (Å²) in [6, 6.07) is 8.68. The zero-order valence-corrected chi connectivity index (χ0v) is 18.3. The van der Waals surface area contributed by atoms with Crippen molar-refractivity contribution in [3.63, 3.8) is 0 Å². The molecule has 2 aromatic rings. The molecule has 4 atom stereocenters. The van der Waals surface area contributed by atoms with Gasteiger partial charge in [0, 0.05) is 41.6 Å². The van der Waals surface area contributed by atoms with Gasteiger partial charge in [0.1, 0.15) is 0 Å². The van der Waals surface area contributed by atoms with Crippen molar-refractivity contribution in [2.45, 2.75) is 63.8 Å². The van der Waals surface area contributed by atoms with E-state index >= 15 is 0 Å². The van der Waals surface area contributed by atoms with Crippen LogP contribution in [0.3, 0.4) is 0 Å². The second-order valence-electron chi connectivity index (χ2n) is 9.31. The van der Waals surface area contributed by atoms with Gasteiger partial charge in [-0.3, -0.25) is 9.36 Å². The lowest BCUT2D eigenvalue weighted by molar-refractivity contribution is -0.134. The fourth-order valence-corrected chi connectivity index (χ4v) is 6.53. The maximum atomic E-state index is 13.2. The number of aromatic nitrogens is 1. The summed E-state index contributed by atoms with van der Waals surface area (Å²) in [6.45, 7) is 2.26. The van der Waals surface area contributed by atoms with Gasteiger partial charge in [0.15, 0.2) is 0 Å². The number of para-hydroxylation sites is 1. The molecule has 7 heteroatoms. The van der Waals surface area contributed by atoms with Crippen LogP contribution in [-0.4, -0.2) is 38.7 Å². The number of hydrogen-bond donors (Lipinski definition) is 3. The van der Waals surface area contributed by atoms with Crippen molar-refractivity contribution in [2.75, 3.05) is 0 Å². The van der Waals surface area contributed by atoms with Crippen LogP contribution >= 0.6 is 0 Å². The second kappa shape index (κ2) is 8.54. The summed E-state index contributed by atoms with van der Waals surface area (Å²) in [5, 5.41) is 16.9. The molecule has 1 saturated carbocycles. The number of nitrogens with zero attached hydrogens (tertiary/aromatic N) is 1. The topological polar surface area (TPSA) is 123 Å². The molecule has 3 aliphatic rings. The minimum absolute atomic E-state index is 0.159. The van der Waals surface area contributed by atoms with E-state index in [-0.39, 0.29) is 11.5 Å². The third-order valence-corrected chi connectivity index (χ3v) is 7.47. The summed E-state index contributed by atoms with van der Waals surface area (Å²) in [6.07, 6.45) is 8.73. The average molecular weight is 439 g/mol. The van der Waals surface area contributed by atoms with Gasteiger partial charge in [0.25, 0.3) is 0 Å². The van der Waals surface area contributed by atoms with Gasteiger partial charge in [0.2, 0.25) is 5.91 Å². The van der Waals surface area contributed by atoms with E-state index in [2.05, 4.69) is 35.8 Å². The van der Waals surface area contributed by atoms with Gasteiger partial charge in [-0.05, 0) is 48.6 Å². The second-order valence-corrected chi connectivity index (χ2v) is 9.31. The third-order valence-electron chi connectivity index (χ3n) is 7.47. The predicted molar refractivity (Wildman–Crippen MR) is 121 cm³/mol. The van der Waals surface area contributed by atoms with E-state index in [4.69, 9.17) is 15.9 Å². The Bertz CT molecular complexity index is 1080. The van der Waals surface area contributed by atoms with Crippen molar-refractivity contribution in [3.05, 3.63) is 47.7 Å². The molecule has 2 aliphatic carbocycles. The minimum Gasteiger partial charge on any atom is -0.478 e. The number of benzene rings is 1.